The van der Waals surface area contributed by atoms with Gasteiger partial charge in [0.15, 0.2) is 5.82 Å². The number of benzene rings is 1. The smallest absolute Gasteiger partial charge is 0.510 e. The fourth-order valence-corrected chi connectivity index (χ4v) is 1.39. The first-order valence-electron chi connectivity index (χ1n) is 5.04. The number of carbonyl (C=O) groups is 1. The average molecular weight is 276 g/mol. The number of halogens is 2. The summed E-state index contributed by atoms with van der Waals surface area (Å²) in [4.78, 5) is 11.6. The molecule has 0 amide bonds. The predicted octanol–water partition coefficient (Wildman–Crippen LogP) is 1.39. The summed E-state index contributed by atoms with van der Waals surface area (Å²) in [5.74, 6) is -2.19. The van der Waals surface area contributed by atoms with E-state index in [0.717, 1.165) is 12.1 Å². The molecule has 8 heteroatoms. The van der Waals surface area contributed by atoms with Crippen molar-refractivity contribution in [2.75, 3.05) is 0 Å². The van der Waals surface area contributed by atoms with Crippen molar-refractivity contribution < 1.29 is 28.6 Å². The molecule has 0 aliphatic rings. The molecule has 0 unspecified atom stereocenters. The molecule has 2 N–H and O–H groups in total. The number of rotatable bonds is 4. The summed E-state index contributed by atoms with van der Waals surface area (Å²) in [5.41, 5.74) is -0.123. The number of hydrogen-bond acceptors (Lipinski definition) is 5. The molecule has 0 bridgehead atoms. The van der Waals surface area contributed by atoms with E-state index in [2.05, 4.69) is 4.65 Å². The van der Waals surface area contributed by atoms with Crippen LogP contribution in [0.1, 0.15) is 24.2 Å². The zero-order valence-corrected chi connectivity index (χ0v) is 10.4. The van der Waals surface area contributed by atoms with Gasteiger partial charge in [0.2, 0.25) is 0 Å². The summed E-state index contributed by atoms with van der Waals surface area (Å²) in [7, 11) is -2.20. The molecule has 5 nitrogen and oxygen atoms in total. The van der Waals surface area contributed by atoms with Crippen LogP contribution < -0.4 is 4.65 Å². The Morgan fingerprint density at radius 1 is 1.44 bits per heavy atom. The van der Waals surface area contributed by atoms with Gasteiger partial charge in [-0.1, -0.05) is 11.6 Å². The normalized spacial score (nSPS) is 10.4. The highest BCUT2D eigenvalue weighted by atomic mass is 35.5. The van der Waals surface area contributed by atoms with Crippen molar-refractivity contribution in [3.63, 3.8) is 0 Å². The Labute approximate surface area is 108 Å². The average Bonchev–Trinajstić information content (AvgIpc) is 2.20. The summed E-state index contributed by atoms with van der Waals surface area (Å²) >= 11 is 5.69. The van der Waals surface area contributed by atoms with Gasteiger partial charge in [-0.05, 0) is 26.0 Å². The fourth-order valence-electron chi connectivity index (χ4n) is 1.17. The fraction of sp³-hybridized carbons (Fsp3) is 0.300. The van der Waals surface area contributed by atoms with Crippen LogP contribution in [-0.2, 0) is 4.74 Å². The van der Waals surface area contributed by atoms with E-state index in [1.807, 2.05) is 0 Å². The molecule has 1 rings (SSSR count). The molecule has 98 valence electrons. The molecular weight excluding hydrogens is 265 g/mol. The van der Waals surface area contributed by atoms with E-state index in [9.17, 15) is 9.18 Å². The van der Waals surface area contributed by atoms with Gasteiger partial charge in [-0.3, -0.25) is 0 Å². The van der Waals surface area contributed by atoms with Crippen molar-refractivity contribution in [3.05, 3.63) is 28.5 Å². The second-order valence-corrected chi connectivity index (χ2v) is 4.07. The van der Waals surface area contributed by atoms with Gasteiger partial charge in [0.05, 0.1) is 16.7 Å². The molecule has 0 heterocycles. The highest BCUT2D eigenvalue weighted by molar-refractivity contribution is 6.34. The van der Waals surface area contributed by atoms with Crippen LogP contribution >= 0.6 is 11.6 Å². The highest BCUT2D eigenvalue weighted by Gasteiger charge is 2.21. The number of ether oxygens (including phenoxy) is 1. The molecule has 0 aliphatic carbocycles. The number of esters is 1. The quantitative estimate of drug-likeness (QED) is 0.642. The van der Waals surface area contributed by atoms with Crippen molar-refractivity contribution in [2.45, 2.75) is 20.0 Å². The molecule has 18 heavy (non-hydrogen) atoms. The number of hydrogen-bond donors (Lipinski definition) is 2. The lowest BCUT2D eigenvalue weighted by Crippen LogP contribution is -2.21. The van der Waals surface area contributed by atoms with E-state index in [4.69, 9.17) is 26.4 Å². The summed E-state index contributed by atoms with van der Waals surface area (Å²) in [6, 6.07) is 1.78. The van der Waals surface area contributed by atoms with Crippen LogP contribution in [0.2, 0.25) is 5.02 Å². The third kappa shape index (κ3) is 3.87. The SMILES string of the molecule is CC(C)OC(=O)c1cc(OB(O)O)c(F)cc1Cl. The Morgan fingerprint density at radius 3 is 2.56 bits per heavy atom. The second kappa shape index (κ2) is 6.04. The maximum atomic E-state index is 13.3. The Kier molecular flexibility index (Phi) is 4.95. The summed E-state index contributed by atoms with van der Waals surface area (Å²) in [5, 5.41) is 17.0. The van der Waals surface area contributed by atoms with Gasteiger partial charge in [-0.2, -0.15) is 0 Å². The van der Waals surface area contributed by atoms with Crippen LogP contribution in [0.4, 0.5) is 4.39 Å². The molecule has 0 saturated carbocycles. The topological polar surface area (TPSA) is 76.0 Å². The summed E-state index contributed by atoms with van der Waals surface area (Å²) in [6.07, 6.45) is -0.369. The lowest BCUT2D eigenvalue weighted by Gasteiger charge is -2.12. The molecule has 0 spiro atoms. The molecule has 0 fully saturated rings. The molecule has 0 atom stereocenters. The lowest BCUT2D eigenvalue weighted by atomic mass is 10.2. The zero-order valence-electron chi connectivity index (χ0n) is 9.68. The minimum atomic E-state index is -2.20. The van der Waals surface area contributed by atoms with Crippen molar-refractivity contribution in [1.29, 1.82) is 0 Å². The van der Waals surface area contributed by atoms with Gasteiger partial charge >= 0.3 is 13.3 Å². The maximum Gasteiger partial charge on any atom is 0.707 e. The van der Waals surface area contributed by atoms with Gasteiger partial charge < -0.3 is 19.4 Å². The first kappa shape index (κ1) is 14.8. The van der Waals surface area contributed by atoms with Gasteiger partial charge in [-0.15, -0.1) is 0 Å². The number of carbonyl (C=O) groups excluding carboxylic acids is 1. The lowest BCUT2D eigenvalue weighted by molar-refractivity contribution is 0.0377. The monoisotopic (exact) mass is 276 g/mol. The van der Waals surface area contributed by atoms with Crippen LogP contribution in [0, 0.1) is 5.82 Å². The van der Waals surface area contributed by atoms with E-state index in [1.165, 1.54) is 0 Å². The van der Waals surface area contributed by atoms with Gasteiger partial charge in [0, 0.05) is 0 Å². The maximum absolute atomic E-state index is 13.3. The highest BCUT2D eigenvalue weighted by Crippen LogP contribution is 2.27. The second-order valence-electron chi connectivity index (χ2n) is 3.66. The molecule has 0 aliphatic heterocycles. The van der Waals surface area contributed by atoms with E-state index < -0.39 is 24.9 Å². The summed E-state index contributed by atoms with van der Waals surface area (Å²) in [6.45, 7) is 3.29. The van der Waals surface area contributed by atoms with Crippen LogP contribution in [0.25, 0.3) is 0 Å². The van der Waals surface area contributed by atoms with E-state index in [1.54, 1.807) is 13.8 Å². The van der Waals surface area contributed by atoms with Crippen LogP contribution in [0.5, 0.6) is 5.75 Å². The van der Waals surface area contributed by atoms with Gasteiger partial charge in [0.1, 0.15) is 5.75 Å². The molecule has 0 radical (unpaired) electrons. The minimum absolute atomic E-state index is 0.123. The van der Waals surface area contributed by atoms with E-state index in [-0.39, 0.29) is 16.7 Å². The Hall–Kier alpha value is -1.31. The molecule has 1 aromatic carbocycles. The van der Waals surface area contributed by atoms with Crippen LogP contribution in [-0.4, -0.2) is 29.4 Å². The van der Waals surface area contributed by atoms with Crippen LogP contribution in [0.15, 0.2) is 12.1 Å². The van der Waals surface area contributed by atoms with Crippen molar-refractivity contribution in [3.8, 4) is 5.75 Å². The van der Waals surface area contributed by atoms with Crippen LogP contribution in [0.3, 0.4) is 0 Å². The Morgan fingerprint density at radius 2 is 2.06 bits per heavy atom. The molecule has 0 aromatic heterocycles. The van der Waals surface area contributed by atoms with Crippen molar-refractivity contribution >= 4 is 24.9 Å². The third-order valence-corrected chi connectivity index (χ3v) is 2.13. The molecule has 0 saturated heterocycles. The molecule has 1 aromatic rings. The zero-order chi connectivity index (χ0) is 13.9. The van der Waals surface area contributed by atoms with Gasteiger partial charge in [-0.25, -0.2) is 9.18 Å². The predicted molar refractivity (Wildman–Crippen MR) is 62.8 cm³/mol. The van der Waals surface area contributed by atoms with Crippen molar-refractivity contribution in [1.82, 2.24) is 0 Å². The Balaban J connectivity index is 3.08. The van der Waals surface area contributed by atoms with E-state index >= 15 is 0 Å². The standard InChI is InChI=1S/C10H11BClFO5/c1-5(2)17-10(14)6-3-9(18-11(15)16)8(13)4-7(6)12/h3-5,15-16H,1-2H3. The largest absolute Gasteiger partial charge is 0.707 e. The first-order chi connectivity index (χ1) is 8.31. The van der Waals surface area contributed by atoms with Gasteiger partial charge in [0.25, 0.3) is 0 Å². The van der Waals surface area contributed by atoms with Crippen molar-refractivity contribution in [2.24, 2.45) is 0 Å². The van der Waals surface area contributed by atoms with E-state index in [0.29, 0.717) is 0 Å². The first-order valence-corrected chi connectivity index (χ1v) is 5.42. The minimum Gasteiger partial charge on any atom is -0.510 e. The summed E-state index contributed by atoms with van der Waals surface area (Å²) < 4.78 is 22.6. The Bertz CT molecular complexity index is 452. The molecular formula is C10H11BClFO5. The third-order valence-electron chi connectivity index (χ3n) is 1.82.